The predicted octanol–water partition coefficient (Wildman–Crippen LogP) is 3.75. The molecule has 0 radical (unpaired) electrons. The van der Waals surface area contributed by atoms with Gasteiger partial charge in [-0.3, -0.25) is 19.2 Å². The van der Waals surface area contributed by atoms with Gasteiger partial charge in [0.2, 0.25) is 18.2 Å². The summed E-state index contributed by atoms with van der Waals surface area (Å²) in [6.45, 7) is 6.76. The molecule has 0 bridgehead atoms. The molecule has 7 nitrogen and oxygen atoms in total. The van der Waals surface area contributed by atoms with Gasteiger partial charge in [0, 0.05) is 6.54 Å². The first kappa shape index (κ1) is 26.6. The van der Waals surface area contributed by atoms with Gasteiger partial charge in [-0.1, -0.05) is 63.3 Å². The Morgan fingerprint density at radius 2 is 1.73 bits per heavy atom. The minimum Gasteiger partial charge on any atom is -0.354 e. The van der Waals surface area contributed by atoms with E-state index >= 15 is 0 Å². The molecule has 2 unspecified atom stereocenters. The van der Waals surface area contributed by atoms with Crippen LogP contribution in [-0.2, 0) is 25.8 Å². The van der Waals surface area contributed by atoms with Crippen LogP contribution in [0.5, 0.6) is 0 Å². The van der Waals surface area contributed by atoms with Gasteiger partial charge >= 0.3 is 0 Å². The second kappa shape index (κ2) is 13.8. The van der Waals surface area contributed by atoms with Gasteiger partial charge in [-0.05, 0) is 49.5 Å². The smallest absolute Gasteiger partial charge is 0.243 e. The van der Waals surface area contributed by atoms with Crippen molar-refractivity contribution in [1.82, 2.24) is 15.7 Å². The van der Waals surface area contributed by atoms with E-state index in [2.05, 4.69) is 22.8 Å². The van der Waals surface area contributed by atoms with Crippen molar-refractivity contribution in [3.8, 4) is 0 Å². The Hall–Kier alpha value is -2.67. The number of hydrogen-bond donors (Lipinski definition) is 2. The highest BCUT2D eigenvalue weighted by Crippen LogP contribution is 2.21. The van der Waals surface area contributed by atoms with Gasteiger partial charge < -0.3 is 10.6 Å². The van der Waals surface area contributed by atoms with Crippen molar-refractivity contribution in [2.24, 2.45) is 11.3 Å². The first-order valence-electron chi connectivity index (χ1n) is 11.9. The average Bonchev–Trinajstić information content (AvgIpc) is 2.79. The third-order valence-corrected chi connectivity index (χ3v) is 5.73. The molecule has 7 heteroatoms. The van der Waals surface area contributed by atoms with Gasteiger partial charge in [0.05, 0.1) is 12.5 Å². The topological polar surface area (TPSA) is 87.7 Å². The second-order valence-electron chi connectivity index (χ2n) is 9.66. The Kier molecular flexibility index (Phi) is 11.1. The lowest BCUT2D eigenvalue weighted by atomic mass is 9.85. The monoisotopic (exact) mass is 457 g/mol. The van der Waals surface area contributed by atoms with Crippen LogP contribution in [0.1, 0.15) is 64.9 Å². The number of benzene rings is 1. The summed E-state index contributed by atoms with van der Waals surface area (Å²) < 4.78 is 0. The molecule has 182 valence electrons. The number of amides is 3. The van der Waals surface area contributed by atoms with Crippen LogP contribution < -0.4 is 10.6 Å². The van der Waals surface area contributed by atoms with Crippen LogP contribution >= 0.6 is 0 Å². The van der Waals surface area contributed by atoms with Gasteiger partial charge in [0.25, 0.3) is 0 Å². The zero-order valence-corrected chi connectivity index (χ0v) is 20.2. The number of nitrogens with zero attached hydrogens (tertiary/aromatic N) is 1. The number of hydrogen-bond acceptors (Lipinski definition) is 4. The van der Waals surface area contributed by atoms with Gasteiger partial charge in [0.1, 0.15) is 12.6 Å². The summed E-state index contributed by atoms with van der Waals surface area (Å²) in [7, 11) is 0. The average molecular weight is 458 g/mol. The molecule has 1 aliphatic rings. The van der Waals surface area contributed by atoms with E-state index in [0.29, 0.717) is 19.4 Å². The standard InChI is InChI=1S/C26H39N3O4/c1-26(2,3)23-25(32)27-17-13-8-6-4-5-7-12-16-22(24(31)28-23)18-29(20-30)33-19-21-14-10-9-11-15-21/h4-5,9-11,14-15,20,22-23H,6-8,12-13,16-19H2,1-3H3,(H,27,32)(H,28,31)/b5-4-. The van der Waals surface area contributed by atoms with Crippen molar-refractivity contribution in [1.29, 1.82) is 0 Å². The molecule has 1 aromatic carbocycles. The Morgan fingerprint density at radius 3 is 2.39 bits per heavy atom. The summed E-state index contributed by atoms with van der Waals surface area (Å²) in [6.07, 6.45) is 10.1. The molecule has 0 spiro atoms. The molecule has 1 aliphatic heterocycles. The molecule has 2 rings (SSSR count). The minimum atomic E-state index is -0.661. The maximum Gasteiger partial charge on any atom is 0.243 e. The Bertz CT molecular complexity index is 773. The van der Waals surface area contributed by atoms with Gasteiger partial charge in [-0.25, -0.2) is 5.06 Å². The number of carbonyl (C=O) groups excluding carboxylic acids is 3. The van der Waals surface area contributed by atoms with Crippen LogP contribution in [0.2, 0.25) is 0 Å². The van der Waals surface area contributed by atoms with Crippen LogP contribution in [0.15, 0.2) is 42.5 Å². The molecule has 2 atom stereocenters. The number of hydroxylamine groups is 2. The molecule has 0 saturated heterocycles. The molecular formula is C26H39N3O4. The van der Waals surface area contributed by atoms with Crippen LogP contribution in [0.3, 0.4) is 0 Å². The molecule has 0 aromatic heterocycles. The van der Waals surface area contributed by atoms with Crippen molar-refractivity contribution >= 4 is 18.2 Å². The summed E-state index contributed by atoms with van der Waals surface area (Å²) in [4.78, 5) is 43.5. The van der Waals surface area contributed by atoms with Crippen LogP contribution in [0, 0.1) is 11.3 Å². The van der Waals surface area contributed by atoms with E-state index in [4.69, 9.17) is 4.84 Å². The number of nitrogens with one attached hydrogen (secondary N) is 2. The van der Waals surface area contributed by atoms with Crippen molar-refractivity contribution in [3.05, 3.63) is 48.0 Å². The van der Waals surface area contributed by atoms with Crippen molar-refractivity contribution < 1.29 is 19.2 Å². The predicted molar refractivity (Wildman–Crippen MR) is 129 cm³/mol. The molecule has 0 fully saturated rings. The normalized spacial score (nSPS) is 22.3. The fourth-order valence-corrected chi connectivity index (χ4v) is 3.73. The van der Waals surface area contributed by atoms with E-state index in [1.165, 1.54) is 5.06 Å². The summed E-state index contributed by atoms with van der Waals surface area (Å²) in [5.74, 6) is -0.895. The molecule has 0 aliphatic carbocycles. The van der Waals surface area contributed by atoms with Gasteiger partial charge in [-0.15, -0.1) is 0 Å². The lowest BCUT2D eigenvalue weighted by Crippen LogP contribution is -2.55. The highest BCUT2D eigenvalue weighted by atomic mass is 16.7. The molecule has 33 heavy (non-hydrogen) atoms. The minimum absolute atomic E-state index is 0.129. The van der Waals surface area contributed by atoms with E-state index in [1.54, 1.807) is 0 Å². The number of carbonyl (C=O) groups is 3. The summed E-state index contributed by atoms with van der Waals surface area (Å²) >= 11 is 0. The van der Waals surface area contributed by atoms with Gasteiger partial charge in [0.15, 0.2) is 0 Å². The van der Waals surface area contributed by atoms with Crippen LogP contribution in [0.25, 0.3) is 0 Å². The van der Waals surface area contributed by atoms with Crippen molar-refractivity contribution in [3.63, 3.8) is 0 Å². The molecule has 1 aromatic rings. The Labute approximate surface area is 197 Å². The van der Waals surface area contributed by atoms with E-state index in [1.807, 2.05) is 51.1 Å². The number of allylic oxidation sites excluding steroid dienone is 2. The number of rotatable bonds is 6. The summed E-state index contributed by atoms with van der Waals surface area (Å²) in [6, 6.07) is 8.90. The first-order valence-corrected chi connectivity index (χ1v) is 11.9. The molecular weight excluding hydrogens is 418 g/mol. The van der Waals surface area contributed by atoms with E-state index in [9.17, 15) is 14.4 Å². The third-order valence-electron chi connectivity index (χ3n) is 5.73. The fourth-order valence-electron chi connectivity index (χ4n) is 3.73. The highest BCUT2D eigenvalue weighted by Gasteiger charge is 2.34. The SMILES string of the molecule is CC(C)(C)C1NC(=O)C(CN(C=O)OCc2ccccc2)CCC/C=C\CCCCNC1=O. The van der Waals surface area contributed by atoms with E-state index in [0.717, 1.165) is 37.7 Å². The zero-order valence-electron chi connectivity index (χ0n) is 20.2. The lowest BCUT2D eigenvalue weighted by molar-refractivity contribution is -0.182. The maximum absolute atomic E-state index is 13.3. The summed E-state index contributed by atoms with van der Waals surface area (Å²) in [5.41, 5.74) is 0.485. The summed E-state index contributed by atoms with van der Waals surface area (Å²) in [5, 5.41) is 7.12. The first-order chi connectivity index (χ1) is 15.8. The second-order valence-corrected chi connectivity index (χ2v) is 9.66. The Morgan fingerprint density at radius 1 is 1.03 bits per heavy atom. The van der Waals surface area contributed by atoms with Crippen molar-refractivity contribution in [2.75, 3.05) is 13.1 Å². The Balaban J connectivity index is 2.12. The quantitative estimate of drug-likeness (QED) is 0.387. The van der Waals surface area contributed by atoms with Gasteiger partial charge in [-0.2, -0.15) is 0 Å². The largest absolute Gasteiger partial charge is 0.354 e. The lowest BCUT2D eigenvalue weighted by Gasteiger charge is -2.32. The highest BCUT2D eigenvalue weighted by molar-refractivity contribution is 5.89. The molecule has 2 N–H and O–H groups in total. The molecule has 3 amide bonds. The zero-order chi connectivity index (χ0) is 24.1. The molecule has 0 saturated carbocycles. The van der Waals surface area contributed by atoms with Crippen LogP contribution in [0.4, 0.5) is 0 Å². The van der Waals surface area contributed by atoms with Crippen LogP contribution in [-0.4, -0.2) is 42.4 Å². The maximum atomic E-state index is 13.3. The van der Waals surface area contributed by atoms with E-state index < -0.39 is 17.4 Å². The third kappa shape index (κ3) is 9.78. The van der Waals surface area contributed by atoms with E-state index in [-0.39, 0.29) is 25.0 Å². The molecule has 1 heterocycles. The fraction of sp³-hybridized carbons (Fsp3) is 0.577. The van der Waals surface area contributed by atoms with Crippen molar-refractivity contribution in [2.45, 2.75) is 71.9 Å².